The van der Waals surface area contributed by atoms with Gasteiger partial charge >= 0.3 is 0 Å². The van der Waals surface area contributed by atoms with Crippen LogP contribution in [0.3, 0.4) is 0 Å². The van der Waals surface area contributed by atoms with Crippen molar-refractivity contribution in [2.24, 2.45) is 0 Å². The maximum Gasteiger partial charge on any atom is 0.250 e. The summed E-state index contributed by atoms with van der Waals surface area (Å²) in [7, 11) is -3.69. The third-order valence-corrected chi connectivity index (χ3v) is 4.90. The number of fused-ring (bicyclic) bond motifs is 1. The Hall–Kier alpha value is -2.39. The summed E-state index contributed by atoms with van der Waals surface area (Å²) in [6.45, 7) is 1.16. The van der Waals surface area contributed by atoms with Crippen LogP contribution < -0.4 is 19.8 Å². The van der Waals surface area contributed by atoms with Crippen molar-refractivity contribution in [3.8, 4) is 11.5 Å². The van der Waals surface area contributed by atoms with Gasteiger partial charge in [0.05, 0.1) is 24.4 Å². The smallest absolute Gasteiger partial charge is 0.250 e. The molecular formula is C15H17N3O5S. The molecule has 1 aliphatic rings. The number of nitrogens with one attached hydrogen (secondary N) is 2. The molecule has 0 amide bonds. The number of ether oxygens (including phenoxy) is 2. The quantitative estimate of drug-likeness (QED) is 0.809. The van der Waals surface area contributed by atoms with Crippen molar-refractivity contribution in [1.82, 2.24) is 14.7 Å². The summed E-state index contributed by atoms with van der Waals surface area (Å²) < 4.78 is 38.2. The highest BCUT2D eigenvalue weighted by molar-refractivity contribution is 7.89. The van der Waals surface area contributed by atoms with Crippen LogP contribution in [0, 0.1) is 0 Å². The highest BCUT2D eigenvalue weighted by Crippen LogP contribution is 2.31. The minimum atomic E-state index is -3.69. The third kappa shape index (κ3) is 3.92. The molecule has 1 aromatic heterocycles. The molecule has 2 aromatic rings. The standard InChI is InChI=1S/C15H17N3O5S/c19-15-8-11(16-10-17-15)4-5-18-24(20,21)12-2-3-13-14(9-12)23-7-1-6-22-13/h2-3,8-10,18H,1,4-7H2,(H,16,17,19). The van der Waals surface area contributed by atoms with Crippen molar-refractivity contribution in [3.05, 3.63) is 46.6 Å². The van der Waals surface area contributed by atoms with Crippen LogP contribution in [0.1, 0.15) is 12.1 Å². The second-order valence-corrected chi connectivity index (χ2v) is 6.98. The van der Waals surface area contributed by atoms with E-state index >= 15 is 0 Å². The number of nitrogens with zero attached hydrogens (tertiary/aromatic N) is 1. The Labute approximate surface area is 138 Å². The van der Waals surface area contributed by atoms with Gasteiger partial charge in [-0.05, 0) is 12.1 Å². The summed E-state index contributed by atoms with van der Waals surface area (Å²) in [5.41, 5.74) is 0.242. The maximum atomic E-state index is 12.4. The molecular weight excluding hydrogens is 334 g/mol. The van der Waals surface area contributed by atoms with Crippen molar-refractivity contribution < 1.29 is 17.9 Å². The van der Waals surface area contributed by atoms with Gasteiger partial charge in [0.15, 0.2) is 11.5 Å². The molecule has 0 aliphatic carbocycles. The van der Waals surface area contributed by atoms with E-state index in [9.17, 15) is 13.2 Å². The number of rotatable bonds is 5. The SMILES string of the molecule is O=c1cc(CCNS(=O)(=O)c2ccc3c(c2)OCCCO3)nc[nH]1. The molecule has 0 saturated carbocycles. The summed E-state index contributed by atoms with van der Waals surface area (Å²) in [6, 6.07) is 5.85. The minimum Gasteiger partial charge on any atom is -0.490 e. The molecule has 1 aliphatic heterocycles. The van der Waals surface area contributed by atoms with Gasteiger partial charge in [0.25, 0.3) is 5.56 Å². The van der Waals surface area contributed by atoms with Gasteiger partial charge < -0.3 is 14.5 Å². The van der Waals surface area contributed by atoms with Gasteiger partial charge in [-0.3, -0.25) is 4.79 Å². The van der Waals surface area contributed by atoms with Crippen LogP contribution in [0.4, 0.5) is 0 Å². The second kappa shape index (κ2) is 7.02. The van der Waals surface area contributed by atoms with Crippen LogP contribution in [0.2, 0.25) is 0 Å². The van der Waals surface area contributed by atoms with Crippen molar-refractivity contribution in [1.29, 1.82) is 0 Å². The van der Waals surface area contributed by atoms with Crippen molar-refractivity contribution >= 4 is 10.0 Å². The number of benzene rings is 1. The van der Waals surface area contributed by atoms with E-state index in [-0.39, 0.29) is 17.0 Å². The largest absolute Gasteiger partial charge is 0.490 e. The van der Waals surface area contributed by atoms with E-state index in [1.807, 2.05) is 0 Å². The topological polar surface area (TPSA) is 110 Å². The van der Waals surface area contributed by atoms with E-state index in [0.717, 1.165) is 6.42 Å². The average Bonchev–Trinajstić information content (AvgIpc) is 2.79. The fourth-order valence-corrected chi connectivity index (χ4v) is 3.30. The Morgan fingerprint density at radius 1 is 1.17 bits per heavy atom. The Morgan fingerprint density at radius 3 is 2.75 bits per heavy atom. The molecule has 3 rings (SSSR count). The van der Waals surface area contributed by atoms with E-state index in [1.165, 1.54) is 24.5 Å². The number of hydrogen-bond donors (Lipinski definition) is 2. The lowest BCUT2D eigenvalue weighted by Gasteiger charge is -2.10. The van der Waals surface area contributed by atoms with Crippen molar-refractivity contribution in [2.75, 3.05) is 19.8 Å². The summed E-state index contributed by atoms with van der Waals surface area (Å²) >= 11 is 0. The van der Waals surface area contributed by atoms with Crippen LogP contribution in [0.15, 0.2) is 40.3 Å². The van der Waals surface area contributed by atoms with Crippen molar-refractivity contribution in [3.63, 3.8) is 0 Å². The predicted molar refractivity (Wildman–Crippen MR) is 85.8 cm³/mol. The molecule has 0 spiro atoms. The fraction of sp³-hybridized carbons (Fsp3) is 0.333. The zero-order chi connectivity index (χ0) is 17.0. The Bertz CT molecular complexity index is 879. The lowest BCUT2D eigenvalue weighted by molar-refractivity contribution is 0.297. The van der Waals surface area contributed by atoms with Crippen LogP contribution in [0.5, 0.6) is 11.5 Å². The van der Waals surface area contributed by atoms with Gasteiger partial charge in [0, 0.05) is 37.2 Å². The van der Waals surface area contributed by atoms with Gasteiger partial charge in [0.2, 0.25) is 10.0 Å². The minimum absolute atomic E-state index is 0.102. The first kappa shape index (κ1) is 16.5. The van der Waals surface area contributed by atoms with Crippen LogP contribution >= 0.6 is 0 Å². The molecule has 9 heteroatoms. The van der Waals surface area contributed by atoms with E-state index in [0.29, 0.717) is 36.8 Å². The Morgan fingerprint density at radius 2 is 1.96 bits per heavy atom. The summed E-state index contributed by atoms with van der Waals surface area (Å²) in [5, 5.41) is 0. The average molecular weight is 351 g/mol. The zero-order valence-electron chi connectivity index (χ0n) is 12.8. The molecule has 0 bridgehead atoms. The Kier molecular flexibility index (Phi) is 4.81. The summed E-state index contributed by atoms with van der Waals surface area (Å²) in [6.07, 6.45) is 2.35. The molecule has 128 valence electrons. The highest BCUT2D eigenvalue weighted by Gasteiger charge is 2.18. The normalized spacial score (nSPS) is 14.2. The zero-order valence-corrected chi connectivity index (χ0v) is 13.6. The number of aromatic nitrogens is 2. The molecule has 0 fully saturated rings. The van der Waals surface area contributed by atoms with E-state index in [2.05, 4.69) is 14.7 Å². The lowest BCUT2D eigenvalue weighted by atomic mass is 10.3. The molecule has 0 radical (unpaired) electrons. The summed E-state index contributed by atoms with van der Waals surface area (Å²) in [5.74, 6) is 0.964. The monoisotopic (exact) mass is 351 g/mol. The number of aromatic amines is 1. The van der Waals surface area contributed by atoms with E-state index in [4.69, 9.17) is 9.47 Å². The highest BCUT2D eigenvalue weighted by atomic mass is 32.2. The van der Waals surface area contributed by atoms with Gasteiger partial charge in [-0.15, -0.1) is 0 Å². The second-order valence-electron chi connectivity index (χ2n) is 5.21. The first-order chi connectivity index (χ1) is 11.5. The van der Waals surface area contributed by atoms with Crippen LogP contribution in [-0.2, 0) is 16.4 Å². The molecule has 2 N–H and O–H groups in total. The summed E-state index contributed by atoms with van der Waals surface area (Å²) in [4.78, 5) is 17.7. The van der Waals surface area contributed by atoms with Gasteiger partial charge in [0.1, 0.15) is 0 Å². The maximum absolute atomic E-state index is 12.4. The first-order valence-corrected chi connectivity index (χ1v) is 8.96. The molecule has 0 unspecified atom stereocenters. The van der Waals surface area contributed by atoms with Crippen LogP contribution in [0.25, 0.3) is 0 Å². The van der Waals surface area contributed by atoms with E-state index in [1.54, 1.807) is 6.07 Å². The number of H-pyrrole nitrogens is 1. The molecule has 1 aromatic carbocycles. The van der Waals surface area contributed by atoms with Gasteiger partial charge in [-0.1, -0.05) is 0 Å². The number of sulfonamides is 1. The molecule has 0 saturated heterocycles. The first-order valence-electron chi connectivity index (χ1n) is 7.47. The van der Waals surface area contributed by atoms with Crippen LogP contribution in [-0.4, -0.2) is 38.1 Å². The predicted octanol–water partition coefficient (Wildman–Crippen LogP) is 0.452. The molecule has 24 heavy (non-hydrogen) atoms. The van der Waals surface area contributed by atoms with E-state index < -0.39 is 10.0 Å². The van der Waals surface area contributed by atoms with Gasteiger partial charge in [-0.25, -0.2) is 18.1 Å². The lowest BCUT2D eigenvalue weighted by Crippen LogP contribution is -2.26. The fourth-order valence-electron chi connectivity index (χ4n) is 2.25. The molecule has 0 atom stereocenters. The van der Waals surface area contributed by atoms with Crippen molar-refractivity contribution in [2.45, 2.75) is 17.7 Å². The number of hydrogen-bond acceptors (Lipinski definition) is 6. The third-order valence-electron chi connectivity index (χ3n) is 3.44. The molecule has 8 nitrogen and oxygen atoms in total. The Balaban J connectivity index is 1.69. The van der Waals surface area contributed by atoms with Gasteiger partial charge in [-0.2, -0.15) is 0 Å². The molecule has 2 heterocycles.